The van der Waals surface area contributed by atoms with Crippen molar-refractivity contribution in [2.24, 2.45) is 0 Å². The minimum absolute atomic E-state index is 0.0227. The fourth-order valence-corrected chi connectivity index (χ4v) is 5.69. The summed E-state index contributed by atoms with van der Waals surface area (Å²) in [5, 5.41) is 19.6. The third kappa shape index (κ3) is 8.17. The number of imidazole rings is 1. The van der Waals surface area contributed by atoms with Gasteiger partial charge in [0.1, 0.15) is 5.82 Å². The first-order valence-electron chi connectivity index (χ1n) is 12.7. The van der Waals surface area contributed by atoms with Crippen LogP contribution in [0.4, 0.5) is 8.78 Å². The zero-order valence-corrected chi connectivity index (χ0v) is 25.9. The molecule has 0 fully saturated rings. The van der Waals surface area contributed by atoms with Crippen molar-refractivity contribution in [2.75, 3.05) is 13.2 Å². The van der Waals surface area contributed by atoms with E-state index in [-0.39, 0.29) is 47.4 Å². The van der Waals surface area contributed by atoms with Gasteiger partial charge in [0, 0.05) is 47.0 Å². The van der Waals surface area contributed by atoms with Gasteiger partial charge in [-0.1, -0.05) is 79.1 Å². The lowest BCUT2D eigenvalue weighted by Crippen LogP contribution is -2.23. The number of aromatic nitrogens is 2. The van der Waals surface area contributed by atoms with Gasteiger partial charge in [0.15, 0.2) is 16.7 Å². The maximum absolute atomic E-state index is 14.8. The molecule has 0 aliphatic rings. The van der Waals surface area contributed by atoms with Gasteiger partial charge in [-0.2, -0.15) is 0 Å². The Kier molecular flexibility index (Phi) is 12.1. The van der Waals surface area contributed by atoms with Gasteiger partial charge in [-0.15, -0.1) is 0 Å². The van der Waals surface area contributed by atoms with Gasteiger partial charge in [-0.25, -0.2) is 18.6 Å². The summed E-state index contributed by atoms with van der Waals surface area (Å²) in [6.07, 6.45) is 5.99. The molecule has 0 unspecified atom stereocenters. The first-order valence-corrected chi connectivity index (χ1v) is 14.8. The summed E-state index contributed by atoms with van der Waals surface area (Å²) in [4.78, 5) is 15.9. The summed E-state index contributed by atoms with van der Waals surface area (Å²) in [5.74, 6) is -2.68. The second-order valence-corrected chi connectivity index (χ2v) is 11.7. The lowest BCUT2D eigenvalue weighted by Gasteiger charge is -2.27. The van der Waals surface area contributed by atoms with Crippen molar-refractivity contribution in [1.29, 1.82) is 0 Å². The van der Waals surface area contributed by atoms with Gasteiger partial charge in [0.2, 0.25) is 0 Å². The molecule has 3 aromatic rings. The average Bonchev–Trinajstić information content (AvgIpc) is 3.35. The van der Waals surface area contributed by atoms with Gasteiger partial charge >= 0.3 is 5.97 Å². The van der Waals surface area contributed by atoms with Crippen LogP contribution in [-0.2, 0) is 22.4 Å². The van der Waals surface area contributed by atoms with Crippen LogP contribution in [0.5, 0.6) is 0 Å². The zero-order chi connectivity index (χ0) is 31.0. The molecule has 0 amide bonds. The Morgan fingerprint density at radius 1 is 1.19 bits per heavy atom. The highest BCUT2D eigenvalue weighted by molar-refractivity contribution is 7.98. The molecule has 2 N–H and O–H groups in total. The lowest BCUT2D eigenvalue weighted by atomic mass is 9.81. The number of aliphatic hydroxyl groups excluding tert-OH is 1. The zero-order valence-electron chi connectivity index (χ0n) is 22.8. The molecule has 2 aromatic carbocycles. The maximum Gasteiger partial charge on any atom is 0.335 e. The highest BCUT2D eigenvalue weighted by Crippen LogP contribution is 2.38. The highest BCUT2D eigenvalue weighted by Gasteiger charge is 2.29. The Balaban J connectivity index is 2.07. The number of hydrogen-bond acceptors (Lipinski definition) is 5. The Labute approximate surface area is 262 Å². The molecule has 3 rings (SSSR count). The number of carboxylic acid groups (broad SMARTS) is 1. The number of halogens is 5. The van der Waals surface area contributed by atoms with Crippen LogP contribution in [0.1, 0.15) is 47.4 Å². The third-order valence-corrected chi connectivity index (χ3v) is 8.45. The van der Waals surface area contributed by atoms with Gasteiger partial charge in [0.25, 0.3) is 0 Å². The number of allylic oxidation sites excluding steroid dienone is 4. The Morgan fingerprint density at radius 2 is 1.93 bits per heavy atom. The Bertz CT molecular complexity index is 1500. The molecule has 0 aliphatic heterocycles. The first-order chi connectivity index (χ1) is 19.9. The smallest absolute Gasteiger partial charge is 0.335 e. The predicted octanol–water partition coefficient (Wildman–Crippen LogP) is 8.62. The molecule has 0 bridgehead atoms. The molecule has 0 saturated carbocycles. The predicted molar refractivity (Wildman–Crippen MR) is 164 cm³/mol. The van der Waals surface area contributed by atoms with Crippen LogP contribution in [0.25, 0.3) is 0 Å². The minimum Gasteiger partial charge on any atom is -0.491 e. The van der Waals surface area contributed by atoms with Crippen LogP contribution in [0.3, 0.4) is 0 Å². The third-order valence-electron chi connectivity index (χ3n) is 6.35. The molecule has 6 nitrogen and oxygen atoms in total. The van der Waals surface area contributed by atoms with Crippen LogP contribution in [0.2, 0.25) is 15.1 Å². The summed E-state index contributed by atoms with van der Waals surface area (Å²) < 4.78 is 37.1. The number of carbonyl (C=O) groups is 1. The molecule has 224 valence electrons. The number of aromatic carboxylic acids is 1. The number of aliphatic hydroxyl groups is 1. The summed E-state index contributed by atoms with van der Waals surface area (Å²) >= 11 is 19.9. The molecular weight excluding hydrogens is 629 g/mol. The number of thioether (sulfide) groups is 1. The second kappa shape index (κ2) is 15.1. The van der Waals surface area contributed by atoms with E-state index in [0.717, 1.165) is 17.3 Å². The molecule has 1 heterocycles. The van der Waals surface area contributed by atoms with E-state index in [0.29, 0.717) is 21.6 Å². The largest absolute Gasteiger partial charge is 0.491 e. The number of ether oxygens (including phenoxy) is 1. The van der Waals surface area contributed by atoms with Gasteiger partial charge in [-0.3, -0.25) is 0 Å². The SMILES string of the molecule is C=C/C=C(F)\C(=C/Cn1c(C(C)(C)c2ccc(Cl)c(Cl)c2)cnc1SCc1c(F)cc(C(=O)O)cc1Cl)OCCCO. The number of nitrogens with zero attached hydrogens (tertiary/aromatic N) is 2. The maximum atomic E-state index is 14.8. The van der Waals surface area contributed by atoms with E-state index in [9.17, 15) is 18.7 Å². The summed E-state index contributed by atoms with van der Waals surface area (Å²) in [5.41, 5.74) is 0.777. The van der Waals surface area contributed by atoms with Crippen molar-refractivity contribution in [3.63, 3.8) is 0 Å². The summed E-state index contributed by atoms with van der Waals surface area (Å²) in [6.45, 7) is 7.56. The van der Waals surface area contributed by atoms with Crippen LogP contribution < -0.4 is 0 Å². The van der Waals surface area contributed by atoms with Crippen molar-refractivity contribution in [3.8, 4) is 0 Å². The van der Waals surface area contributed by atoms with E-state index in [4.69, 9.17) is 44.6 Å². The Hall–Kier alpha value is -2.82. The van der Waals surface area contributed by atoms with E-state index in [2.05, 4.69) is 11.6 Å². The van der Waals surface area contributed by atoms with Crippen LogP contribution in [0, 0.1) is 5.82 Å². The molecule has 0 saturated heterocycles. The summed E-state index contributed by atoms with van der Waals surface area (Å²) in [6, 6.07) is 7.43. The van der Waals surface area contributed by atoms with E-state index in [1.165, 1.54) is 30.0 Å². The highest BCUT2D eigenvalue weighted by atomic mass is 35.5. The van der Waals surface area contributed by atoms with E-state index in [1.54, 1.807) is 24.4 Å². The van der Waals surface area contributed by atoms with Crippen LogP contribution in [-0.4, -0.2) is 38.9 Å². The Morgan fingerprint density at radius 3 is 2.55 bits per heavy atom. The number of hydrogen-bond donors (Lipinski definition) is 2. The monoisotopic (exact) mass is 656 g/mol. The molecular formula is C30H29Cl3F2N2O4S. The normalized spacial score (nSPS) is 12.5. The average molecular weight is 658 g/mol. The van der Waals surface area contributed by atoms with Crippen molar-refractivity contribution in [3.05, 3.63) is 116 Å². The molecule has 0 radical (unpaired) electrons. The first kappa shape index (κ1) is 33.7. The molecule has 42 heavy (non-hydrogen) atoms. The van der Waals surface area contributed by atoms with Gasteiger partial charge < -0.3 is 19.5 Å². The molecule has 1 aromatic heterocycles. The number of benzene rings is 2. The van der Waals surface area contributed by atoms with Crippen molar-refractivity contribution < 1.29 is 28.5 Å². The van der Waals surface area contributed by atoms with E-state index < -0.39 is 23.0 Å². The van der Waals surface area contributed by atoms with E-state index >= 15 is 0 Å². The van der Waals surface area contributed by atoms with Crippen LogP contribution in [0.15, 0.2) is 78.1 Å². The molecule has 0 spiro atoms. The number of rotatable bonds is 14. The standard InChI is InChI=1S/C30H29Cl3F2N2O4S/c1-4-6-24(34)26(41-12-5-11-38)9-10-37-27(30(2,3)19-7-8-21(31)23(33)15-19)16-36-29(37)42-17-20-22(32)13-18(28(39)40)14-25(20)35/h4,6-9,13-16,38H,1,5,10-12,17H2,2-3H3,(H,39,40)/b24-6+,26-9+. The molecule has 0 aliphatic carbocycles. The minimum atomic E-state index is -1.29. The van der Waals surface area contributed by atoms with Crippen molar-refractivity contribution in [1.82, 2.24) is 9.55 Å². The van der Waals surface area contributed by atoms with Crippen molar-refractivity contribution >= 4 is 52.5 Å². The lowest BCUT2D eigenvalue weighted by molar-refractivity contribution is 0.0696. The summed E-state index contributed by atoms with van der Waals surface area (Å²) in [7, 11) is 0. The van der Waals surface area contributed by atoms with Gasteiger partial charge in [-0.05, 0) is 42.0 Å². The molecule has 12 heteroatoms. The topological polar surface area (TPSA) is 84.6 Å². The second-order valence-electron chi connectivity index (χ2n) is 9.55. The van der Waals surface area contributed by atoms with E-state index in [1.807, 2.05) is 24.5 Å². The number of carboxylic acids is 1. The quantitative estimate of drug-likeness (QED) is 0.0782. The van der Waals surface area contributed by atoms with Crippen molar-refractivity contribution in [2.45, 2.75) is 43.1 Å². The molecule has 0 atom stereocenters. The fraction of sp³-hybridized carbons (Fsp3) is 0.267. The van der Waals surface area contributed by atoms with Crippen LogP contribution >= 0.6 is 46.6 Å². The fourth-order valence-electron chi connectivity index (χ4n) is 4.01. The van der Waals surface area contributed by atoms with Gasteiger partial charge in [0.05, 0.1) is 28.4 Å².